The van der Waals surface area contributed by atoms with Crippen LogP contribution in [0.15, 0.2) is 59.3 Å². The molecule has 44 heavy (non-hydrogen) atoms. The normalized spacial score (nSPS) is 25.2. The minimum absolute atomic E-state index is 0.0149. The Morgan fingerprint density at radius 3 is 2.57 bits per heavy atom. The SMILES string of the molecule is O=[N+]([O-])c1ccc(NCC2=CC=CCC2OC(F)(F)F)nc1N[C@@H]1CC12CCC(C=NCc1ccc(C(F)(F)F)nc1)CC2. The van der Waals surface area contributed by atoms with E-state index in [9.17, 15) is 36.5 Å². The molecule has 0 radical (unpaired) electrons. The molecule has 2 heterocycles. The summed E-state index contributed by atoms with van der Waals surface area (Å²) in [6.45, 7) is 0.252. The van der Waals surface area contributed by atoms with Gasteiger partial charge in [-0.1, -0.05) is 24.3 Å². The zero-order valence-electron chi connectivity index (χ0n) is 23.4. The first-order valence-electron chi connectivity index (χ1n) is 14.1. The molecule has 2 N–H and O–H groups in total. The number of aromatic nitrogens is 2. The number of aliphatic imine (C=N–C) groups is 1. The molecule has 5 rings (SSSR count). The van der Waals surface area contributed by atoms with Gasteiger partial charge in [0.25, 0.3) is 0 Å². The smallest absolute Gasteiger partial charge is 0.366 e. The van der Waals surface area contributed by atoms with Crippen LogP contribution < -0.4 is 10.6 Å². The van der Waals surface area contributed by atoms with Gasteiger partial charge in [-0.05, 0) is 73.1 Å². The monoisotopic (exact) mass is 624 g/mol. The molecule has 15 heteroatoms. The number of ether oxygens (including phenoxy) is 1. The molecule has 2 saturated carbocycles. The number of nitrogens with zero attached hydrogens (tertiary/aromatic N) is 4. The van der Waals surface area contributed by atoms with Crippen LogP contribution in [-0.2, 0) is 17.5 Å². The number of anilines is 2. The second kappa shape index (κ2) is 12.5. The van der Waals surface area contributed by atoms with Crippen LogP contribution in [0.25, 0.3) is 0 Å². The Balaban J connectivity index is 1.14. The largest absolute Gasteiger partial charge is 0.523 e. The number of pyridine rings is 2. The van der Waals surface area contributed by atoms with Gasteiger partial charge in [-0.15, -0.1) is 13.2 Å². The predicted molar refractivity (Wildman–Crippen MR) is 150 cm³/mol. The van der Waals surface area contributed by atoms with Gasteiger partial charge in [-0.2, -0.15) is 13.2 Å². The molecule has 2 atom stereocenters. The zero-order chi connectivity index (χ0) is 31.5. The van der Waals surface area contributed by atoms with Crippen LogP contribution >= 0.6 is 0 Å². The Kier molecular flexibility index (Phi) is 8.95. The van der Waals surface area contributed by atoms with Crippen molar-refractivity contribution in [1.29, 1.82) is 0 Å². The first-order chi connectivity index (χ1) is 20.8. The minimum Gasteiger partial charge on any atom is -0.366 e. The van der Waals surface area contributed by atoms with Crippen molar-refractivity contribution in [3.8, 4) is 0 Å². The van der Waals surface area contributed by atoms with Crippen molar-refractivity contribution in [2.45, 2.75) is 69.8 Å². The second-order valence-corrected chi connectivity index (χ2v) is 11.3. The topological polar surface area (TPSA) is 115 Å². The molecule has 2 aromatic heterocycles. The van der Waals surface area contributed by atoms with Crippen molar-refractivity contribution in [1.82, 2.24) is 9.97 Å². The summed E-state index contributed by atoms with van der Waals surface area (Å²) in [4.78, 5) is 23.4. The number of rotatable bonds is 10. The molecule has 2 aromatic rings. The minimum atomic E-state index is -4.78. The van der Waals surface area contributed by atoms with Crippen LogP contribution in [0.1, 0.15) is 49.8 Å². The molecular formula is C29H30F6N6O3. The average Bonchev–Trinajstić information content (AvgIpc) is 3.63. The van der Waals surface area contributed by atoms with E-state index < -0.39 is 29.3 Å². The third kappa shape index (κ3) is 7.92. The zero-order valence-corrected chi connectivity index (χ0v) is 23.4. The Bertz CT molecular complexity index is 1430. The van der Waals surface area contributed by atoms with Gasteiger partial charge in [-0.3, -0.25) is 24.8 Å². The third-order valence-electron chi connectivity index (χ3n) is 8.26. The molecule has 0 bridgehead atoms. The summed E-state index contributed by atoms with van der Waals surface area (Å²) in [7, 11) is 0. The lowest BCUT2D eigenvalue weighted by atomic mass is 9.79. The summed E-state index contributed by atoms with van der Waals surface area (Å²) in [5, 5.41) is 17.9. The molecule has 0 aliphatic heterocycles. The maximum atomic E-state index is 12.8. The highest BCUT2D eigenvalue weighted by Gasteiger charge is 2.55. The van der Waals surface area contributed by atoms with E-state index in [1.807, 2.05) is 6.21 Å². The summed E-state index contributed by atoms with van der Waals surface area (Å²) < 4.78 is 80.7. The summed E-state index contributed by atoms with van der Waals surface area (Å²) in [6, 6.07) is 5.01. The quantitative estimate of drug-likeness (QED) is 0.124. The van der Waals surface area contributed by atoms with Crippen molar-refractivity contribution in [2.75, 3.05) is 17.2 Å². The number of nitrogens with one attached hydrogen (secondary N) is 2. The first kappa shape index (κ1) is 31.4. The highest BCUT2D eigenvalue weighted by molar-refractivity contribution is 5.63. The first-order valence-corrected chi connectivity index (χ1v) is 14.1. The van der Waals surface area contributed by atoms with E-state index in [0.29, 0.717) is 11.1 Å². The molecule has 1 unspecified atom stereocenters. The van der Waals surface area contributed by atoms with Crippen LogP contribution in [0, 0.1) is 21.4 Å². The van der Waals surface area contributed by atoms with E-state index in [-0.39, 0.29) is 54.2 Å². The molecule has 2 fully saturated rings. The van der Waals surface area contributed by atoms with Gasteiger partial charge in [0.05, 0.1) is 17.6 Å². The fourth-order valence-electron chi connectivity index (χ4n) is 5.73. The average molecular weight is 625 g/mol. The lowest BCUT2D eigenvalue weighted by Gasteiger charge is -2.27. The lowest BCUT2D eigenvalue weighted by molar-refractivity contribution is -0.384. The van der Waals surface area contributed by atoms with E-state index in [1.165, 1.54) is 24.4 Å². The molecule has 0 saturated heterocycles. The number of nitro groups is 1. The summed E-state index contributed by atoms with van der Waals surface area (Å²) in [6.07, 6.45) is 1.71. The maximum Gasteiger partial charge on any atom is 0.523 e. The van der Waals surface area contributed by atoms with Crippen molar-refractivity contribution < 1.29 is 36.0 Å². The Morgan fingerprint density at radius 1 is 1.14 bits per heavy atom. The number of alkyl halides is 6. The van der Waals surface area contributed by atoms with E-state index in [2.05, 4.69) is 30.3 Å². The lowest BCUT2D eigenvalue weighted by Crippen LogP contribution is -2.29. The van der Waals surface area contributed by atoms with E-state index in [1.54, 1.807) is 18.2 Å². The molecule has 1 spiro atoms. The molecule has 9 nitrogen and oxygen atoms in total. The van der Waals surface area contributed by atoms with E-state index in [0.717, 1.165) is 38.2 Å². The van der Waals surface area contributed by atoms with Crippen LogP contribution in [0.4, 0.5) is 43.7 Å². The third-order valence-corrected chi connectivity index (χ3v) is 8.26. The Morgan fingerprint density at radius 2 is 1.91 bits per heavy atom. The van der Waals surface area contributed by atoms with Crippen LogP contribution in [0.5, 0.6) is 0 Å². The molecule has 3 aliphatic rings. The number of allylic oxidation sites excluding steroid dienone is 2. The second-order valence-electron chi connectivity index (χ2n) is 11.3. The molecule has 236 valence electrons. The summed E-state index contributed by atoms with van der Waals surface area (Å²) in [5.74, 6) is 0.590. The van der Waals surface area contributed by atoms with Crippen LogP contribution in [0.3, 0.4) is 0 Å². The molecular weight excluding hydrogens is 594 g/mol. The molecule has 0 amide bonds. The fourth-order valence-corrected chi connectivity index (χ4v) is 5.73. The standard InChI is InChI=1S/C29H30F6N6O3/c30-28(31,32)23-7-5-19(16-37-23)15-36-14-18-9-11-27(12-10-18)13-24(27)39-26-21(41(42)43)6-8-25(40-26)38-17-20-3-1-2-4-22(20)44-29(33,34)35/h1-3,5-8,14,16,18,22,24H,4,9-13,15,17H2,(H2,38,39,40)/t18?,22?,24-,27?/m1/s1. The van der Waals surface area contributed by atoms with Gasteiger partial charge in [0.2, 0.25) is 5.82 Å². The van der Waals surface area contributed by atoms with Gasteiger partial charge in [0.1, 0.15) is 11.5 Å². The Labute approximate surface area is 248 Å². The Hall–Kier alpha value is -4.01. The number of halogens is 6. The summed E-state index contributed by atoms with van der Waals surface area (Å²) in [5.41, 5.74) is -0.212. The predicted octanol–water partition coefficient (Wildman–Crippen LogP) is 7.24. The van der Waals surface area contributed by atoms with E-state index in [4.69, 9.17) is 0 Å². The number of hydrogen-bond acceptors (Lipinski definition) is 8. The highest BCUT2D eigenvalue weighted by Crippen LogP contribution is 2.58. The van der Waals surface area contributed by atoms with Gasteiger partial charge >= 0.3 is 18.2 Å². The van der Waals surface area contributed by atoms with Gasteiger partial charge in [-0.25, -0.2) is 4.98 Å². The van der Waals surface area contributed by atoms with Gasteiger partial charge in [0, 0.05) is 31.1 Å². The van der Waals surface area contributed by atoms with Crippen molar-refractivity contribution in [3.05, 3.63) is 75.6 Å². The molecule has 3 aliphatic carbocycles. The maximum absolute atomic E-state index is 12.8. The van der Waals surface area contributed by atoms with Crippen LogP contribution in [-0.4, -0.2) is 46.2 Å². The fraction of sp³-hybridized carbons (Fsp3) is 0.483. The van der Waals surface area contributed by atoms with Crippen molar-refractivity contribution in [3.63, 3.8) is 0 Å². The highest BCUT2D eigenvalue weighted by atomic mass is 19.4. The van der Waals surface area contributed by atoms with Crippen molar-refractivity contribution in [2.24, 2.45) is 16.3 Å². The van der Waals surface area contributed by atoms with E-state index >= 15 is 0 Å². The summed E-state index contributed by atoms with van der Waals surface area (Å²) >= 11 is 0. The number of hydrogen-bond donors (Lipinski definition) is 2. The molecule has 0 aromatic carbocycles. The van der Waals surface area contributed by atoms with Crippen LogP contribution in [0.2, 0.25) is 0 Å². The van der Waals surface area contributed by atoms with Gasteiger partial charge < -0.3 is 10.6 Å². The van der Waals surface area contributed by atoms with Gasteiger partial charge in [0.15, 0.2) is 0 Å². The van der Waals surface area contributed by atoms with Crippen molar-refractivity contribution >= 4 is 23.5 Å².